The summed E-state index contributed by atoms with van der Waals surface area (Å²) in [6.07, 6.45) is 3.13. The Kier molecular flexibility index (Phi) is 4.15. The maximum atomic E-state index is 11.9. The van der Waals surface area contributed by atoms with Crippen LogP contribution >= 0.6 is 34.5 Å². The van der Waals surface area contributed by atoms with Crippen LogP contribution in [0, 0.1) is 0 Å². The predicted molar refractivity (Wildman–Crippen MR) is 83.1 cm³/mol. The van der Waals surface area contributed by atoms with Gasteiger partial charge >= 0.3 is 5.97 Å². The van der Waals surface area contributed by atoms with Gasteiger partial charge in [0, 0.05) is 11.1 Å². The molecule has 0 N–H and O–H groups in total. The summed E-state index contributed by atoms with van der Waals surface area (Å²) >= 11 is 13.5. The number of fused-ring (bicyclic) bond motifs is 1. The van der Waals surface area contributed by atoms with Crippen LogP contribution < -0.4 is 0 Å². The lowest BCUT2D eigenvalue weighted by Crippen LogP contribution is -2.14. The normalized spacial score (nSPS) is 16.8. The van der Waals surface area contributed by atoms with Crippen molar-refractivity contribution in [1.82, 2.24) is 9.97 Å². The number of hydrogen-bond donors (Lipinski definition) is 0. The van der Waals surface area contributed by atoms with E-state index in [4.69, 9.17) is 27.9 Å². The van der Waals surface area contributed by atoms with Crippen molar-refractivity contribution >= 4 is 40.5 Å². The third-order valence-electron chi connectivity index (χ3n) is 3.30. The molecule has 0 amide bonds. The molecule has 110 valence electrons. The smallest absolute Gasteiger partial charge is 0.315 e. The number of carbonyl (C=O) groups excluding carboxylic acids is 1. The van der Waals surface area contributed by atoms with Crippen LogP contribution in [0.1, 0.15) is 29.8 Å². The van der Waals surface area contributed by atoms with Crippen molar-refractivity contribution in [3.8, 4) is 10.7 Å². The van der Waals surface area contributed by atoms with Crippen molar-refractivity contribution in [2.24, 2.45) is 0 Å². The molecule has 7 heteroatoms. The van der Waals surface area contributed by atoms with Gasteiger partial charge in [0.2, 0.25) is 0 Å². The van der Waals surface area contributed by atoms with E-state index in [0.29, 0.717) is 22.3 Å². The number of aryl methyl sites for hydroxylation is 1. The number of pyridine rings is 1. The largest absolute Gasteiger partial charge is 0.465 e. The van der Waals surface area contributed by atoms with E-state index in [1.807, 2.05) is 0 Å². The first-order valence-electron chi connectivity index (χ1n) is 6.57. The zero-order chi connectivity index (χ0) is 15.0. The van der Waals surface area contributed by atoms with Crippen LogP contribution in [0.25, 0.3) is 10.7 Å². The first kappa shape index (κ1) is 14.8. The molecule has 0 saturated heterocycles. The third-order valence-corrected chi connectivity index (χ3v) is 4.93. The summed E-state index contributed by atoms with van der Waals surface area (Å²) in [6.45, 7) is 2.18. The van der Waals surface area contributed by atoms with Crippen LogP contribution in [-0.2, 0) is 16.0 Å². The Balaban J connectivity index is 1.95. The quantitative estimate of drug-likeness (QED) is 0.787. The Hall–Kier alpha value is -1.17. The lowest BCUT2D eigenvalue weighted by molar-refractivity contribution is -0.145. The molecule has 0 radical (unpaired) electrons. The number of thiazole rings is 1. The number of halogens is 2. The second kappa shape index (κ2) is 5.91. The summed E-state index contributed by atoms with van der Waals surface area (Å²) in [5.41, 5.74) is 1.41. The molecule has 21 heavy (non-hydrogen) atoms. The molecule has 1 aliphatic rings. The average Bonchev–Trinajstić information content (AvgIpc) is 2.98. The van der Waals surface area contributed by atoms with E-state index in [0.717, 1.165) is 28.4 Å². The number of rotatable bonds is 3. The SMILES string of the molecule is CCOC(=O)C1CCc2sc(-c3ncc(Cl)cc3Cl)nc21. The molecule has 3 rings (SSSR count). The first-order valence-corrected chi connectivity index (χ1v) is 8.15. The van der Waals surface area contributed by atoms with Crippen LogP contribution in [0.5, 0.6) is 0 Å². The number of ether oxygens (including phenoxy) is 1. The number of esters is 1. The molecule has 0 saturated carbocycles. The minimum atomic E-state index is -0.268. The highest BCUT2D eigenvalue weighted by atomic mass is 35.5. The maximum absolute atomic E-state index is 11.9. The second-order valence-electron chi connectivity index (χ2n) is 4.65. The van der Waals surface area contributed by atoms with E-state index >= 15 is 0 Å². The molecule has 0 fully saturated rings. The van der Waals surface area contributed by atoms with Crippen molar-refractivity contribution in [2.75, 3.05) is 6.61 Å². The Morgan fingerprint density at radius 2 is 2.33 bits per heavy atom. The van der Waals surface area contributed by atoms with E-state index in [2.05, 4.69) is 9.97 Å². The topological polar surface area (TPSA) is 52.1 Å². The lowest BCUT2D eigenvalue weighted by Gasteiger charge is -2.07. The van der Waals surface area contributed by atoms with Gasteiger partial charge in [0.1, 0.15) is 16.6 Å². The van der Waals surface area contributed by atoms with Gasteiger partial charge in [0.25, 0.3) is 0 Å². The van der Waals surface area contributed by atoms with Crippen LogP contribution in [0.15, 0.2) is 12.3 Å². The summed E-state index contributed by atoms with van der Waals surface area (Å²) < 4.78 is 5.10. The molecule has 2 aromatic heterocycles. The van der Waals surface area contributed by atoms with E-state index in [9.17, 15) is 4.79 Å². The summed E-state index contributed by atoms with van der Waals surface area (Å²) in [5, 5.41) is 1.66. The molecule has 4 nitrogen and oxygen atoms in total. The zero-order valence-corrected chi connectivity index (χ0v) is 13.6. The Labute approximate surface area is 136 Å². The molecule has 0 aromatic carbocycles. The highest BCUT2D eigenvalue weighted by Gasteiger charge is 2.34. The fourth-order valence-corrected chi connectivity index (χ4v) is 4.05. The van der Waals surface area contributed by atoms with Gasteiger partial charge < -0.3 is 4.74 Å². The van der Waals surface area contributed by atoms with Gasteiger partial charge in [-0.05, 0) is 25.8 Å². The highest BCUT2D eigenvalue weighted by molar-refractivity contribution is 7.15. The van der Waals surface area contributed by atoms with Crippen molar-refractivity contribution in [3.63, 3.8) is 0 Å². The summed E-state index contributed by atoms with van der Waals surface area (Å²) in [6, 6.07) is 1.64. The van der Waals surface area contributed by atoms with Crippen molar-refractivity contribution in [1.29, 1.82) is 0 Å². The van der Waals surface area contributed by atoms with Gasteiger partial charge in [-0.2, -0.15) is 0 Å². The van der Waals surface area contributed by atoms with Crippen LogP contribution in [0.2, 0.25) is 10.0 Å². The number of hydrogen-bond acceptors (Lipinski definition) is 5. The van der Waals surface area contributed by atoms with Gasteiger partial charge in [-0.1, -0.05) is 23.2 Å². The minimum Gasteiger partial charge on any atom is -0.465 e. The number of aromatic nitrogens is 2. The second-order valence-corrected chi connectivity index (χ2v) is 6.58. The Bertz CT molecular complexity index is 702. The van der Waals surface area contributed by atoms with Gasteiger partial charge in [-0.15, -0.1) is 11.3 Å². The molecule has 2 aromatic rings. The Morgan fingerprint density at radius 3 is 3.05 bits per heavy atom. The van der Waals surface area contributed by atoms with Crippen molar-refractivity contribution in [3.05, 3.63) is 32.9 Å². The fraction of sp³-hybridized carbons (Fsp3) is 0.357. The summed E-state index contributed by atoms with van der Waals surface area (Å²) in [4.78, 5) is 21.9. The molecule has 0 bridgehead atoms. The molecule has 1 unspecified atom stereocenters. The van der Waals surface area contributed by atoms with Gasteiger partial charge in [-0.25, -0.2) is 4.98 Å². The summed E-state index contributed by atoms with van der Waals surface area (Å²) in [7, 11) is 0. The summed E-state index contributed by atoms with van der Waals surface area (Å²) in [5.74, 6) is -0.473. The molecule has 0 spiro atoms. The molecular weight excluding hydrogens is 331 g/mol. The van der Waals surface area contributed by atoms with Crippen molar-refractivity contribution in [2.45, 2.75) is 25.7 Å². The van der Waals surface area contributed by atoms with E-state index in [-0.39, 0.29) is 11.9 Å². The molecular formula is C14H12Cl2N2O2S. The third kappa shape index (κ3) is 2.78. The standard InChI is InChI=1S/C14H12Cl2N2O2S/c1-2-20-14(19)8-3-4-10-11(8)18-13(21-10)12-9(16)5-7(15)6-17-12/h5-6,8H,2-4H2,1H3. The monoisotopic (exact) mass is 342 g/mol. The van der Waals surface area contributed by atoms with Crippen LogP contribution in [-0.4, -0.2) is 22.5 Å². The predicted octanol–water partition coefficient (Wildman–Crippen LogP) is 4.10. The van der Waals surface area contributed by atoms with Crippen LogP contribution in [0.3, 0.4) is 0 Å². The van der Waals surface area contributed by atoms with E-state index in [1.165, 1.54) is 17.5 Å². The lowest BCUT2D eigenvalue weighted by atomic mass is 10.1. The first-order chi connectivity index (χ1) is 10.1. The van der Waals surface area contributed by atoms with E-state index < -0.39 is 0 Å². The molecule has 1 atom stereocenters. The minimum absolute atomic E-state index is 0.205. The van der Waals surface area contributed by atoms with Gasteiger partial charge in [0.15, 0.2) is 0 Å². The molecule has 2 heterocycles. The van der Waals surface area contributed by atoms with Gasteiger partial charge in [-0.3, -0.25) is 9.78 Å². The van der Waals surface area contributed by atoms with Gasteiger partial charge in [0.05, 0.1) is 22.3 Å². The average molecular weight is 343 g/mol. The number of carbonyl (C=O) groups is 1. The molecule has 0 aliphatic heterocycles. The van der Waals surface area contributed by atoms with Crippen LogP contribution in [0.4, 0.5) is 0 Å². The zero-order valence-electron chi connectivity index (χ0n) is 11.2. The Morgan fingerprint density at radius 1 is 1.52 bits per heavy atom. The molecule has 1 aliphatic carbocycles. The highest BCUT2D eigenvalue weighted by Crippen LogP contribution is 2.41. The fourth-order valence-electron chi connectivity index (χ4n) is 2.37. The maximum Gasteiger partial charge on any atom is 0.315 e. The number of nitrogens with zero attached hydrogens (tertiary/aromatic N) is 2. The van der Waals surface area contributed by atoms with E-state index in [1.54, 1.807) is 13.0 Å². The van der Waals surface area contributed by atoms with Crippen molar-refractivity contribution < 1.29 is 9.53 Å².